The van der Waals surface area contributed by atoms with E-state index in [4.69, 9.17) is 9.47 Å². The number of methoxy groups -OCH3 is 2. The van der Waals surface area contributed by atoms with Crippen molar-refractivity contribution in [3.8, 4) is 0 Å². The summed E-state index contributed by atoms with van der Waals surface area (Å²) in [4.78, 5) is 2.38. The molecular weight excluding hydrogens is 204 g/mol. The van der Waals surface area contributed by atoms with E-state index in [1.165, 1.54) is 0 Å². The molecule has 4 nitrogen and oxygen atoms in total. The Labute approximate surface area is 100 Å². The average molecular weight is 232 g/mol. The van der Waals surface area contributed by atoms with Crippen LogP contribution in [-0.2, 0) is 9.47 Å². The zero-order valence-corrected chi connectivity index (χ0v) is 11.3. The van der Waals surface area contributed by atoms with Gasteiger partial charge in [0.25, 0.3) is 0 Å². The zero-order chi connectivity index (χ0) is 12.2. The lowest BCUT2D eigenvalue weighted by Crippen LogP contribution is -2.45. The Bertz CT molecular complexity index is 145. The van der Waals surface area contributed by atoms with Crippen LogP contribution in [0.1, 0.15) is 20.3 Å². The van der Waals surface area contributed by atoms with Gasteiger partial charge in [-0.05, 0) is 19.5 Å². The van der Waals surface area contributed by atoms with Crippen LogP contribution in [0.3, 0.4) is 0 Å². The smallest absolute Gasteiger partial charge is 0.0628 e. The summed E-state index contributed by atoms with van der Waals surface area (Å²) in [7, 11) is 3.50. The minimum atomic E-state index is 0.418. The van der Waals surface area contributed by atoms with Crippen molar-refractivity contribution in [1.29, 1.82) is 0 Å². The maximum atomic E-state index is 5.23. The van der Waals surface area contributed by atoms with E-state index >= 15 is 0 Å². The fourth-order valence-electron chi connectivity index (χ4n) is 1.64. The quantitative estimate of drug-likeness (QED) is 0.575. The van der Waals surface area contributed by atoms with E-state index in [2.05, 4.69) is 24.1 Å². The molecule has 0 aliphatic heterocycles. The van der Waals surface area contributed by atoms with Crippen LogP contribution in [0, 0.1) is 0 Å². The highest BCUT2D eigenvalue weighted by molar-refractivity contribution is 4.71. The Kier molecular flexibility index (Phi) is 11.2. The molecule has 0 aromatic heterocycles. The fourth-order valence-corrected chi connectivity index (χ4v) is 1.64. The van der Waals surface area contributed by atoms with Crippen LogP contribution in [0.2, 0.25) is 0 Å². The van der Waals surface area contributed by atoms with Gasteiger partial charge in [-0.1, -0.05) is 13.8 Å². The van der Waals surface area contributed by atoms with Crippen molar-refractivity contribution in [3.63, 3.8) is 0 Å². The molecule has 0 aliphatic carbocycles. The minimum absolute atomic E-state index is 0.418. The molecule has 0 aromatic carbocycles. The van der Waals surface area contributed by atoms with Crippen molar-refractivity contribution in [1.82, 2.24) is 10.2 Å². The average Bonchev–Trinajstić information content (AvgIpc) is 2.31. The molecule has 0 rings (SSSR count). The molecule has 0 saturated carbocycles. The van der Waals surface area contributed by atoms with Gasteiger partial charge in [-0.15, -0.1) is 0 Å². The summed E-state index contributed by atoms with van der Waals surface area (Å²) >= 11 is 0. The molecule has 0 aliphatic rings. The van der Waals surface area contributed by atoms with Gasteiger partial charge in [0.15, 0.2) is 0 Å². The Hall–Kier alpha value is -0.160. The van der Waals surface area contributed by atoms with Crippen molar-refractivity contribution in [2.75, 3.05) is 53.6 Å². The van der Waals surface area contributed by atoms with Gasteiger partial charge in [0.05, 0.1) is 13.2 Å². The van der Waals surface area contributed by atoms with Crippen LogP contribution < -0.4 is 5.32 Å². The molecule has 0 spiro atoms. The van der Waals surface area contributed by atoms with E-state index in [1.807, 2.05) is 0 Å². The molecule has 0 saturated heterocycles. The molecule has 0 heterocycles. The minimum Gasteiger partial charge on any atom is -0.383 e. The SMILES string of the molecule is CCCNC(COC)CN(CC)CCOC. The Balaban J connectivity index is 3.90. The highest BCUT2D eigenvalue weighted by atomic mass is 16.5. The van der Waals surface area contributed by atoms with Crippen LogP contribution >= 0.6 is 0 Å². The molecule has 98 valence electrons. The summed E-state index contributed by atoms with van der Waals surface area (Å²) < 4.78 is 10.3. The molecule has 1 unspecified atom stereocenters. The number of hydrogen-bond acceptors (Lipinski definition) is 4. The number of likely N-dealkylation sites (N-methyl/N-ethyl adjacent to an activating group) is 1. The summed E-state index contributed by atoms with van der Waals surface area (Å²) in [5, 5.41) is 3.50. The number of nitrogens with one attached hydrogen (secondary N) is 1. The largest absolute Gasteiger partial charge is 0.383 e. The molecule has 1 atom stereocenters. The first kappa shape index (κ1) is 15.8. The third-order valence-corrected chi connectivity index (χ3v) is 2.59. The van der Waals surface area contributed by atoms with Crippen LogP contribution in [0.5, 0.6) is 0 Å². The summed E-state index contributed by atoms with van der Waals surface area (Å²) in [5.41, 5.74) is 0. The predicted molar refractivity (Wildman–Crippen MR) is 67.9 cm³/mol. The molecule has 0 fully saturated rings. The molecule has 16 heavy (non-hydrogen) atoms. The maximum absolute atomic E-state index is 5.23. The van der Waals surface area contributed by atoms with Gasteiger partial charge in [-0.25, -0.2) is 0 Å². The van der Waals surface area contributed by atoms with Crippen LogP contribution in [-0.4, -0.2) is 64.6 Å². The van der Waals surface area contributed by atoms with Gasteiger partial charge in [-0.2, -0.15) is 0 Å². The van der Waals surface area contributed by atoms with E-state index < -0.39 is 0 Å². The van der Waals surface area contributed by atoms with Gasteiger partial charge >= 0.3 is 0 Å². The zero-order valence-electron chi connectivity index (χ0n) is 11.3. The van der Waals surface area contributed by atoms with Crippen molar-refractivity contribution >= 4 is 0 Å². The second-order valence-corrected chi connectivity index (χ2v) is 3.99. The Morgan fingerprint density at radius 3 is 2.44 bits per heavy atom. The highest BCUT2D eigenvalue weighted by Crippen LogP contribution is 1.94. The maximum Gasteiger partial charge on any atom is 0.0628 e. The summed E-state index contributed by atoms with van der Waals surface area (Å²) in [6, 6.07) is 0.418. The van der Waals surface area contributed by atoms with E-state index in [1.54, 1.807) is 14.2 Å². The van der Waals surface area contributed by atoms with Crippen LogP contribution in [0.15, 0.2) is 0 Å². The lowest BCUT2D eigenvalue weighted by Gasteiger charge is -2.26. The Morgan fingerprint density at radius 2 is 1.94 bits per heavy atom. The first-order valence-electron chi connectivity index (χ1n) is 6.22. The standard InChI is InChI=1S/C12H28N2O2/c1-5-7-13-12(11-16-4)10-14(6-2)8-9-15-3/h12-13H,5-11H2,1-4H3. The summed E-state index contributed by atoms with van der Waals surface area (Å²) in [6.45, 7) is 10.0. The van der Waals surface area contributed by atoms with E-state index in [0.29, 0.717) is 6.04 Å². The number of nitrogens with zero attached hydrogens (tertiary/aromatic N) is 1. The van der Waals surface area contributed by atoms with Gasteiger partial charge < -0.3 is 14.8 Å². The molecule has 0 radical (unpaired) electrons. The molecule has 0 bridgehead atoms. The van der Waals surface area contributed by atoms with E-state index in [-0.39, 0.29) is 0 Å². The monoisotopic (exact) mass is 232 g/mol. The van der Waals surface area contributed by atoms with Gasteiger partial charge in [0.2, 0.25) is 0 Å². The van der Waals surface area contributed by atoms with Crippen LogP contribution in [0.25, 0.3) is 0 Å². The van der Waals surface area contributed by atoms with Gasteiger partial charge in [0, 0.05) is 33.4 Å². The Morgan fingerprint density at radius 1 is 1.19 bits per heavy atom. The number of rotatable bonds is 11. The van der Waals surface area contributed by atoms with Gasteiger partial charge in [-0.3, -0.25) is 4.90 Å². The first-order valence-corrected chi connectivity index (χ1v) is 6.22. The van der Waals surface area contributed by atoms with Crippen molar-refractivity contribution < 1.29 is 9.47 Å². The van der Waals surface area contributed by atoms with Crippen molar-refractivity contribution in [2.24, 2.45) is 0 Å². The number of hydrogen-bond donors (Lipinski definition) is 1. The summed E-state index contributed by atoms with van der Waals surface area (Å²) in [6.07, 6.45) is 1.16. The topological polar surface area (TPSA) is 33.7 Å². The van der Waals surface area contributed by atoms with E-state index in [0.717, 1.165) is 45.8 Å². The number of ether oxygens (including phenoxy) is 2. The fraction of sp³-hybridized carbons (Fsp3) is 1.00. The summed E-state index contributed by atoms with van der Waals surface area (Å²) in [5.74, 6) is 0. The highest BCUT2D eigenvalue weighted by Gasteiger charge is 2.11. The first-order chi connectivity index (χ1) is 7.78. The van der Waals surface area contributed by atoms with Gasteiger partial charge in [0.1, 0.15) is 0 Å². The third kappa shape index (κ3) is 8.05. The predicted octanol–water partition coefficient (Wildman–Crippen LogP) is 0.969. The molecule has 0 amide bonds. The second kappa shape index (κ2) is 11.3. The van der Waals surface area contributed by atoms with Crippen molar-refractivity contribution in [3.05, 3.63) is 0 Å². The van der Waals surface area contributed by atoms with E-state index in [9.17, 15) is 0 Å². The molecular formula is C12H28N2O2. The normalized spacial score (nSPS) is 13.3. The van der Waals surface area contributed by atoms with Crippen LogP contribution in [0.4, 0.5) is 0 Å². The lowest BCUT2D eigenvalue weighted by molar-refractivity contribution is 0.116. The molecule has 4 heteroatoms. The molecule has 1 N–H and O–H groups in total. The van der Waals surface area contributed by atoms with Crippen molar-refractivity contribution in [2.45, 2.75) is 26.3 Å². The second-order valence-electron chi connectivity index (χ2n) is 3.99. The molecule has 0 aromatic rings. The lowest BCUT2D eigenvalue weighted by atomic mass is 10.2. The third-order valence-electron chi connectivity index (χ3n) is 2.59.